The zero-order chi connectivity index (χ0) is 19.4. The summed E-state index contributed by atoms with van der Waals surface area (Å²) in [6.07, 6.45) is -3.98. The number of hydrogen-bond donors (Lipinski definition) is 2. The van der Waals surface area contributed by atoms with Crippen LogP contribution >= 0.6 is 0 Å². The van der Waals surface area contributed by atoms with Gasteiger partial charge in [-0.2, -0.15) is 13.2 Å². The lowest BCUT2D eigenvalue weighted by Gasteiger charge is -2.18. The molecule has 0 radical (unpaired) electrons. The van der Waals surface area contributed by atoms with Crippen molar-refractivity contribution in [3.8, 4) is 11.5 Å². The molecule has 0 fully saturated rings. The fourth-order valence-electron chi connectivity index (χ4n) is 1.98. The Kier molecular flexibility index (Phi) is 9.64. The van der Waals surface area contributed by atoms with Gasteiger partial charge in [0.15, 0.2) is 5.96 Å². The molecule has 26 heavy (non-hydrogen) atoms. The van der Waals surface area contributed by atoms with Crippen LogP contribution in [0.2, 0.25) is 0 Å². The van der Waals surface area contributed by atoms with Gasteiger partial charge in [-0.25, -0.2) is 0 Å². The van der Waals surface area contributed by atoms with E-state index in [-0.39, 0.29) is 12.7 Å². The molecule has 2 N–H and O–H groups in total. The Labute approximate surface area is 151 Å². The van der Waals surface area contributed by atoms with Gasteiger partial charge in [0.05, 0.1) is 13.7 Å². The SMILES string of the molecule is CN=C(NCCCOCC(F)(F)F)NCC(C)Oc1cccc(OC)c1. The van der Waals surface area contributed by atoms with Crippen molar-refractivity contribution in [3.63, 3.8) is 0 Å². The molecule has 0 aliphatic rings. The van der Waals surface area contributed by atoms with Gasteiger partial charge in [-0.05, 0) is 25.5 Å². The van der Waals surface area contributed by atoms with Crippen LogP contribution in [0, 0.1) is 0 Å². The number of rotatable bonds is 10. The summed E-state index contributed by atoms with van der Waals surface area (Å²) in [6, 6.07) is 7.31. The third-order valence-corrected chi connectivity index (χ3v) is 3.18. The highest BCUT2D eigenvalue weighted by atomic mass is 19.4. The maximum Gasteiger partial charge on any atom is 0.411 e. The van der Waals surface area contributed by atoms with Crippen LogP contribution in [0.5, 0.6) is 11.5 Å². The molecule has 1 atom stereocenters. The van der Waals surface area contributed by atoms with Crippen molar-refractivity contribution in [1.29, 1.82) is 0 Å². The fourth-order valence-corrected chi connectivity index (χ4v) is 1.98. The Morgan fingerprint density at radius 3 is 2.62 bits per heavy atom. The number of benzene rings is 1. The largest absolute Gasteiger partial charge is 0.497 e. The van der Waals surface area contributed by atoms with Crippen molar-refractivity contribution in [2.75, 3.05) is 40.5 Å². The Hall–Kier alpha value is -2.16. The van der Waals surface area contributed by atoms with Crippen molar-refractivity contribution in [2.45, 2.75) is 25.6 Å². The summed E-state index contributed by atoms with van der Waals surface area (Å²) in [5, 5.41) is 6.10. The summed E-state index contributed by atoms with van der Waals surface area (Å²) in [5.41, 5.74) is 0. The highest BCUT2D eigenvalue weighted by molar-refractivity contribution is 5.79. The number of nitrogens with one attached hydrogen (secondary N) is 2. The van der Waals surface area contributed by atoms with E-state index in [9.17, 15) is 13.2 Å². The molecule has 0 heterocycles. The number of methoxy groups -OCH3 is 1. The maximum absolute atomic E-state index is 11.9. The van der Waals surface area contributed by atoms with Gasteiger partial charge in [0, 0.05) is 26.3 Å². The van der Waals surface area contributed by atoms with Crippen molar-refractivity contribution in [2.24, 2.45) is 4.99 Å². The lowest BCUT2D eigenvalue weighted by atomic mass is 10.3. The quantitative estimate of drug-likeness (QED) is 0.373. The van der Waals surface area contributed by atoms with Gasteiger partial charge in [0.1, 0.15) is 24.2 Å². The van der Waals surface area contributed by atoms with E-state index in [0.717, 1.165) is 0 Å². The molecule has 1 rings (SSSR count). The minimum absolute atomic E-state index is 0.0266. The van der Waals surface area contributed by atoms with Gasteiger partial charge in [-0.15, -0.1) is 0 Å². The molecule has 0 bridgehead atoms. The van der Waals surface area contributed by atoms with Crippen LogP contribution in [0.25, 0.3) is 0 Å². The summed E-state index contributed by atoms with van der Waals surface area (Å²) < 4.78 is 51.3. The normalized spacial score (nSPS) is 13.2. The van der Waals surface area contributed by atoms with Gasteiger partial charge in [0.2, 0.25) is 0 Å². The number of nitrogens with zero attached hydrogens (tertiary/aromatic N) is 1. The van der Waals surface area contributed by atoms with Crippen molar-refractivity contribution in [1.82, 2.24) is 10.6 Å². The zero-order valence-corrected chi connectivity index (χ0v) is 15.2. The Balaban J connectivity index is 2.22. The first-order chi connectivity index (χ1) is 12.3. The first-order valence-electron chi connectivity index (χ1n) is 8.23. The van der Waals surface area contributed by atoms with E-state index in [4.69, 9.17) is 9.47 Å². The summed E-state index contributed by atoms with van der Waals surface area (Å²) in [7, 11) is 3.21. The van der Waals surface area contributed by atoms with E-state index in [1.54, 1.807) is 20.2 Å². The first kappa shape index (κ1) is 21.9. The number of hydrogen-bond acceptors (Lipinski definition) is 4. The standard InChI is InChI=1S/C17H26F3N3O3/c1-13(26-15-7-4-6-14(10-15)24-3)11-23-16(21-2)22-8-5-9-25-12-17(18,19)20/h4,6-7,10,13H,5,8-9,11-12H2,1-3H3,(H2,21,22,23). The summed E-state index contributed by atoms with van der Waals surface area (Å²) in [5.74, 6) is 1.96. The Morgan fingerprint density at radius 1 is 1.23 bits per heavy atom. The summed E-state index contributed by atoms with van der Waals surface area (Å²) >= 11 is 0. The fraction of sp³-hybridized carbons (Fsp3) is 0.588. The molecule has 0 aromatic heterocycles. The van der Waals surface area contributed by atoms with Gasteiger partial charge in [-0.1, -0.05) is 6.07 Å². The Morgan fingerprint density at radius 2 is 1.96 bits per heavy atom. The molecule has 1 unspecified atom stereocenters. The number of alkyl halides is 3. The highest BCUT2D eigenvalue weighted by Crippen LogP contribution is 2.19. The second-order valence-corrected chi connectivity index (χ2v) is 5.51. The molecule has 0 saturated carbocycles. The van der Waals surface area contributed by atoms with E-state index in [1.165, 1.54) is 0 Å². The molecular weight excluding hydrogens is 351 g/mol. The number of halogens is 3. The maximum atomic E-state index is 11.9. The van der Waals surface area contributed by atoms with E-state index >= 15 is 0 Å². The molecule has 0 saturated heterocycles. The molecule has 9 heteroatoms. The minimum Gasteiger partial charge on any atom is -0.497 e. The van der Waals surface area contributed by atoms with Crippen LogP contribution in [-0.4, -0.2) is 58.7 Å². The lowest BCUT2D eigenvalue weighted by Crippen LogP contribution is -2.42. The number of ether oxygens (including phenoxy) is 3. The van der Waals surface area contributed by atoms with Crippen LogP contribution in [0.4, 0.5) is 13.2 Å². The van der Waals surface area contributed by atoms with Gasteiger partial charge in [0.25, 0.3) is 0 Å². The summed E-state index contributed by atoms with van der Waals surface area (Å²) in [6.45, 7) is 1.66. The van der Waals surface area contributed by atoms with Crippen LogP contribution in [0.3, 0.4) is 0 Å². The third kappa shape index (κ3) is 9.97. The van der Waals surface area contributed by atoms with Crippen molar-refractivity contribution < 1.29 is 27.4 Å². The molecule has 1 aromatic carbocycles. The Bertz CT molecular complexity index is 554. The smallest absolute Gasteiger partial charge is 0.411 e. The zero-order valence-electron chi connectivity index (χ0n) is 15.2. The van der Waals surface area contributed by atoms with Gasteiger partial charge in [-0.3, -0.25) is 4.99 Å². The molecular formula is C17H26F3N3O3. The summed E-state index contributed by atoms with van der Waals surface area (Å²) in [4.78, 5) is 4.05. The van der Waals surface area contributed by atoms with Crippen LogP contribution in [-0.2, 0) is 4.74 Å². The van der Waals surface area contributed by atoms with Crippen LogP contribution < -0.4 is 20.1 Å². The molecule has 0 spiro atoms. The molecule has 0 aliphatic heterocycles. The number of guanidine groups is 1. The highest BCUT2D eigenvalue weighted by Gasteiger charge is 2.27. The van der Waals surface area contributed by atoms with Gasteiger partial charge < -0.3 is 24.8 Å². The number of aliphatic imine (C=N–C) groups is 1. The molecule has 0 aliphatic carbocycles. The third-order valence-electron chi connectivity index (χ3n) is 3.18. The second-order valence-electron chi connectivity index (χ2n) is 5.51. The average molecular weight is 377 g/mol. The monoisotopic (exact) mass is 377 g/mol. The van der Waals surface area contributed by atoms with Crippen LogP contribution in [0.1, 0.15) is 13.3 Å². The van der Waals surface area contributed by atoms with E-state index in [2.05, 4.69) is 20.4 Å². The molecule has 0 amide bonds. The first-order valence-corrected chi connectivity index (χ1v) is 8.23. The second kappa shape index (κ2) is 11.5. The van der Waals surface area contributed by atoms with E-state index in [0.29, 0.717) is 37.0 Å². The van der Waals surface area contributed by atoms with Crippen LogP contribution in [0.15, 0.2) is 29.3 Å². The molecule has 148 valence electrons. The van der Waals surface area contributed by atoms with E-state index < -0.39 is 12.8 Å². The molecule has 1 aromatic rings. The average Bonchev–Trinajstić information content (AvgIpc) is 2.59. The van der Waals surface area contributed by atoms with Crippen molar-refractivity contribution in [3.05, 3.63) is 24.3 Å². The predicted molar refractivity (Wildman–Crippen MR) is 93.9 cm³/mol. The lowest BCUT2D eigenvalue weighted by molar-refractivity contribution is -0.173. The predicted octanol–water partition coefficient (Wildman–Crippen LogP) is 2.60. The van der Waals surface area contributed by atoms with E-state index in [1.807, 2.05) is 25.1 Å². The topological polar surface area (TPSA) is 64.1 Å². The minimum atomic E-state index is -4.29. The molecule has 6 nitrogen and oxygen atoms in total. The van der Waals surface area contributed by atoms with Crippen molar-refractivity contribution >= 4 is 5.96 Å². The van der Waals surface area contributed by atoms with Gasteiger partial charge >= 0.3 is 6.18 Å².